The Kier molecular flexibility index (Phi) is 5.95. The van der Waals surface area contributed by atoms with Gasteiger partial charge in [-0.2, -0.15) is 5.26 Å². The molecule has 0 aromatic heterocycles. The van der Waals surface area contributed by atoms with Crippen LogP contribution in [0.4, 0.5) is 10.1 Å². The average Bonchev–Trinajstić information content (AvgIpc) is 2.64. The van der Waals surface area contributed by atoms with Gasteiger partial charge in [-0.15, -0.1) is 0 Å². The molecule has 0 spiro atoms. The summed E-state index contributed by atoms with van der Waals surface area (Å²) in [6.07, 6.45) is 0. The summed E-state index contributed by atoms with van der Waals surface area (Å²) in [4.78, 5) is 16.5. The lowest BCUT2D eigenvalue weighted by Crippen LogP contribution is -2.48. The van der Waals surface area contributed by atoms with Crippen LogP contribution in [0.3, 0.4) is 0 Å². The number of halogens is 1. The predicted octanol–water partition coefficient (Wildman–Crippen LogP) is 2.45. The molecule has 0 radical (unpaired) electrons. The highest BCUT2D eigenvalue weighted by Crippen LogP contribution is 2.13. The van der Waals surface area contributed by atoms with Crippen molar-refractivity contribution in [3.05, 3.63) is 65.5 Å². The summed E-state index contributed by atoms with van der Waals surface area (Å²) in [5.74, 6) is -0.507. The van der Waals surface area contributed by atoms with Crippen molar-refractivity contribution in [3.63, 3.8) is 0 Å². The molecule has 0 bridgehead atoms. The van der Waals surface area contributed by atoms with E-state index in [1.54, 1.807) is 12.1 Å². The van der Waals surface area contributed by atoms with Gasteiger partial charge < -0.3 is 5.32 Å². The Morgan fingerprint density at radius 2 is 1.81 bits per heavy atom. The number of carbonyl (C=O) groups is 1. The summed E-state index contributed by atoms with van der Waals surface area (Å²) >= 11 is 0. The van der Waals surface area contributed by atoms with E-state index in [0.717, 1.165) is 38.3 Å². The Bertz CT molecular complexity index is 809. The molecule has 6 heteroatoms. The fraction of sp³-hybridized carbons (Fsp3) is 0.300. The molecule has 1 aliphatic heterocycles. The molecule has 1 aliphatic rings. The van der Waals surface area contributed by atoms with E-state index in [2.05, 4.69) is 21.2 Å². The van der Waals surface area contributed by atoms with E-state index in [9.17, 15) is 14.4 Å². The number of nitrogens with zero attached hydrogens (tertiary/aromatic N) is 3. The quantitative estimate of drug-likeness (QED) is 0.898. The second kappa shape index (κ2) is 8.56. The van der Waals surface area contributed by atoms with E-state index < -0.39 is 0 Å². The fourth-order valence-corrected chi connectivity index (χ4v) is 3.08. The van der Waals surface area contributed by atoms with Gasteiger partial charge in [0.1, 0.15) is 5.82 Å². The van der Waals surface area contributed by atoms with Gasteiger partial charge in [-0.3, -0.25) is 14.6 Å². The maximum Gasteiger partial charge on any atom is 0.238 e. The molecule has 1 saturated heterocycles. The zero-order chi connectivity index (χ0) is 18.4. The number of carbonyl (C=O) groups excluding carboxylic acids is 1. The van der Waals surface area contributed by atoms with E-state index >= 15 is 0 Å². The largest absolute Gasteiger partial charge is 0.325 e. The summed E-state index contributed by atoms with van der Waals surface area (Å²) in [7, 11) is 0. The zero-order valence-corrected chi connectivity index (χ0v) is 14.5. The van der Waals surface area contributed by atoms with Crippen molar-refractivity contribution in [3.8, 4) is 6.07 Å². The molecule has 0 unspecified atom stereocenters. The molecule has 0 aliphatic carbocycles. The molecular formula is C20H21FN4O. The van der Waals surface area contributed by atoms with E-state index in [4.69, 9.17) is 0 Å². The number of nitrogens with one attached hydrogen (secondary N) is 1. The molecule has 3 rings (SSSR count). The minimum Gasteiger partial charge on any atom is -0.325 e. The lowest BCUT2D eigenvalue weighted by Gasteiger charge is -2.34. The van der Waals surface area contributed by atoms with E-state index in [1.165, 1.54) is 12.1 Å². The number of rotatable bonds is 5. The smallest absolute Gasteiger partial charge is 0.238 e. The molecule has 1 fully saturated rings. The SMILES string of the molecule is N#Cc1ccccc1CN1CCN(CC(=O)Nc2cccc(F)c2)CC1. The number of benzene rings is 2. The zero-order valence-electron chi connectivity index (χ0n) is 14.5. The third-order valence-corrected chi connectivity index (χ3v) is 4.47. The lowest BCUT2D eigenvalue weighted by atomic mass is 10.1. The van der Waals surface area contributed by atoms with E-state index in [1.807, 2.05) is 24.3 Å². The minimum atomic E-state index is -0.367. The summed E-state index contributed by atoms with van der Waals surface area (Å²) < 4.78 is 13.2. The number of hydrogen-bond acceptors (Lipinski definition) is 4. The molecule has 5 nitrogen and oxygen atoms in total. The number of amides is 1. The van der Waals surface area contributed by atoms with Crippen LogP contribution in [0.15, 0.2) is 48.5 Å². The van der Waals surface area contributed by atoms with Gasteiger partial charge in [0.05, 0.1) is 18.2 Å². The first-order valence-corrected chi connectivity index (χ1v) is 8.62. The third kappa shape index (κ3) is 4.88. The summed E-state index contributed by atoms with van der Waals surface area (Å²) in [5, 5.41) is 11.9. The van der Waals surface area contributed by atoms with Crippen molar-refractivity contribution in [2.24, 2.45) is 0 Å². The number of piperazine rings is 1. The van der Waals surface area contributed by atoms with Gasteiger partial charge in [-0.05, 0) is 29.8 Å². The van der Waals surface area contributed by atoms with E-state index in [0.29, 0.717) is 17.8 Å². The van der Waals surface area contributed by atoms with Gasteiger partial charge in [-0.25, -0.2) is 4.39 Å². The number of hydrogen-bond donors (Lipinski definition) is 1. The van der Waals surface area contributed by atoms with Crippen molar-refractivity contribution >= 4 is 11.6 Å². The topological polar surface area (TPSA) is 59.4 Å². The van der Waals surface area contributed by atoms with Crippen LogP contribution in [0.2, 0.25) is 0 Å². The average molecular weight is 352 g/mol. The van der Waals surface area contributed by atoms with Crippen LogP contribution in [0.5, 0.6) is 0 Å². The molecule has 2 aromatic carbocycles. The van der Waals surface area contributed by atoms with Gasteiger partial charge in [0.2, 0.25) is 5.91 Å². The van der Waals surface area contributed by atoms with Crippen molar-refractivity contribution in [2.75, 3.05) is 38.0 Å². The van der Waals surface area contributed by atoms with Crippen molar-refractivity contribution < 1.29 is 9.18 Å². The van der Waals surface area contributed by atoms with Gasteiger partial charge >= 0.3 is 0 Å². The van der Waals surface area contributed by atoms with Gasteiger partial charge in [0.25, 0.3) is 0 Å². The van der Waals surface area contributed by atoms with Crippen LogP contribution >= 0.6 is 0 Å². The minimum absolute atomic E-state index is 0.140. The van der Waals surface area contributed by atoms with Crippen LogP contribution in [0.1, 0.15) is 11.1 Å². The highest BCUT2D eigenvalue weighted by Gasteiger charge is 2.19. The number of anilines is 1. The summed E-state index contributed by atoms with van der Waals surface area (Å²) in [6, 6.07) is 15.8. The van der Waals surface area contributed by atoms with Crippen molar-refractivity contribution in [2.45, 2.75) is 6.54 Å². The Labute approximate surface area is 152 Å². The molecular weight excluding hydrogens is 331 g/mol. The fourth-order valence-electron chi connectivity index (χ4n) is 3.08. The molecule has 26 heavy (non-hydrogen) atoms. The van der Waals surface area contributed by atoms with Gasteiger partial charge in [0, 0.05) is 38.4 Å². The number of nitriles is 1. The Morgan fingerprint density at radius 3 is 2.54 bits per heavy atom. The van der Waals surface area contributed by atoms with Gasteiger partial charge in [-0.1, -0.05) is 24.3 Å². The first kappa shape index (κ1) is 18.1. The Balaban J connectivity index is 1.46. The summed E-state index contributed by atoms with van der Waals surface area (Å²) in [5.41, 5.74) is 2.22. The van der Waals surface area contributed by atoms with Crippen molar-refractivity contribution in [1.82, 2.24) is 9.80 Å². The molecule has 0 saturated carbocycles. The maximum atomic E-state index is 13.2. The lowest BCUT2D eigenvalue weighted by molar-refractivity contribution is -0.117. The summed E-state index contributed by atoms with van der Waals surface area (Å²) in [6.45, 7) is 4.28. The molecule has 0 atom stereocenters. The van der Waals surface area contributed by atoms with Crippen LogP contribution in [-0.2, 0) is 11.3 Å². The highest BCUT2D eigenvalue weighted by molar-refractivity contribution is 5.92. The first-order valence-electron chi connectivity index (χ1n) is 8.62. The molecule has 1 heterocycles. The maximum absolute atomic E-state index is 13.2. The predicted molar refractivity (Wildman–Crippen MR) is 97.9 cm³/mol. The van der Waals surface area contributed by atoms with Crippen LogP contribution in [0.25, 0.3) is 0 Å². The normalized spacial score (nSPS) is 15.4. The first-order chi connectivity index (χ1) is 12.6. The van der Waals surface area contributed by atoms with E-state index in [-0.39, 0.29) is 11.7 Å². The van der Waals surface area contributed by atoms with Crippen LogP contribution in [-0.4, -0.2) is 48.4 Å². The highest BCUT2D eigenvalue weighted by atomic mass is 19.1. The molecule has 1 amide bonds. The third-order valence-electron chi connectivity index (χ3n) is 4.47. The van der Waals surface area contributed by atoms with Crippen molar-refractivity contribution in [1.29, 1.82) is 5.26 Å². The van der Waals surface area contributed by atoms with Gasteiger partial charge in [0.15, 0.2) is 0 Å². The monoisotopic (exact) mass is 352 g/mol. The Hall–Kier alpha value is -2.75. The second-order valence-electron chi connectivity index (χ2n) is 6.38. The molecule has 2 aromatic rings. The van der Waals surface area contributed by atoms with Crippen LogP contribution < -0.4 is 5.32 Å². The van der Waals surface area contributed by atoms with Crippen LogP contribution in [0, 0.1) is 17.1 Å². The molecule has 1 N–H and O–H groups in total. The Morgan fingerprint density at radius 1 is 1.08 bits per heavy atom. The second-order valence-corrected chi connectivity index (χ2v) is 6.38. The standard InChI is InChI=1S/C20H21FN4O/c21-18-6-3-7-19(12-18)23-20(26)15-25-10-8-24(9-11-25)14-17-5-2-1-4-16(17)13-22/h1-7,12H,8-11,14-15H2,(H,23,26). The molecule has 134 valence electrons.